The Balaban J connectivity index is 2.23. The minimum Gasteiger partial charge on any atom is -0.454 e. The lowest BCUT2D eigenvalue weighted by Crippen LogP contribution is -1.93. The van der Waals surface area contributed by atoms with Crippen molar-refractivity contribution < 1.29 is 14.0 Å². The van der Waals surface area contributed by atoms with Gasteiger partial charge in [0.2, 0.25) is 12.7 Å². The molecule has 2 aromatic rings. The maximum atomic E-state index is 6.32. The molecule has 1 aliphatic rings. The lowest BCUT2D eigenvalue weighted by Gasteiger charge is -2.09. The SMILES string of the molecule is CCc1c(-c2cc(N)on2)cc2c(c1Cl)OCO2. The largest absolute Gasteiger partial charge is 0.454 e. The highest BCUT2D eigenvalue weighted by Crippen LogP contribution is 2.45. The molecule has 0 radical (unpaired) electrons. The van der Waals surface area contributed by atoms with Crippen LogP contribution in [0.2, 0.25) is 5.02 Å². The Morgan fingerprint density at radius 3 is 2.89 bits per heavy atom. The molecule has 2 heterocycles. The first kappa shape index (κ1) is 11.2. The van der Waals surface area contributed by atoms with E-state index in [2.05, 4.69) is 5.16 Å². The molecule has 0 saturated carbocycles. The first-order chi connectivity index (χ1) is 8.70. The average molecular weight is 267 g/mol. The van der Waals surface area contributed by atoms with Gasteiger partial charge in [-0.3, -0.25) is 0 Å². The molecule has 0 atom stereocenters. The van der Waals surface area contributed by atoms with Crippen molar-refractivity contribution in [1.82, 2.24) is 5.16 Å². The van der Waals surface area contributed by atoms with Crippen molar-refractivity contribution in [2.75, 3.05) is 12.5 Å². The van der Waals surface area contributed by atoms with Crippen molar-refractivity contribution in [3.8, 4) is 22.8 Å². The number of anilines is 1. The van der Waals surface area contributed by atoms with Crippen LogP contribution in [0.15, 0.2) is 16.7 Å². The molecule has 1 aromatic carbocycles. The normalized spacial score (nSPS) is 13.0. The predicted molar refractivity (Wildman–Crippen MR) is 66.9 cm³/mol. The van der Waals surface area contributed by atoms with E-state index in [1.807, 2.05) is 13.0 Å². The second kappa shape index (κ2) is 4.10. The topological polar surface area (TPSA) is 70.5 Å². The van der Waals surface area contributed by atoms with E-state index in [0.29, 0.717) is 22.2 Å². The number of nitrogens with zero attached hydrogens (tertiary/aromatic N) is 1. The second-order valence-corrected chi connectivity index (χ2v) is 4.30. The predicted octanol–water partition coefficient (Wildman–Crippen LogP) is 2.87. The number of nitrogen functional groups attached to an aromatic ring is 1. The third-order valence-electron chi connectivity index (χ3n) is 2.86. The number of nitrogens with two attached hydrogens (primary N) is 1. The van der Waals surface area contributed by atoms with Crippen molar-refractivity contribution in [3.05, 3.63) is 22.7 Å². The Morgan fingerprint density at radius 2 is 2.22 bits per heavy atom. The molecule has 3 rings (SSSR count). The molecular weight excluding hydrogens is 256 g/mol. The van der Waals surface area contributed by atoms with Crippen molar-refractivity contribution >= 4 is 17.5 Å². The van der Waals surface area contributed by atoms with Gasteiger partial charge in [0.25, 0.3) is 0 Å². The summed E-state index contributed by atoms with van der Waals surface area (Å²) in [7, 11) is 0. The van der Waals surface area contributed by atoms with Gasteiger partial charge in [0.15, 0.2) is 11.5 Å². The van der Waals surface area contributed by atoms with Crippen LogP contribution in [0.25, 0.3) is 11.3 Å². The van der Waals surface area contributed by atoms with Gasteiger partial charge >= 0.3 is 0 Å². The standard InChI is InChI=1S/C12H11ClN2O3/c1-2-6-7(8-4-10(14)18-15-8)3-9-12(11(6)13)17-5-16-9/h3-4H,2,5,14H2,1H3. The summed E-state index contributed by atoms with van der Waals surface area (Å²) in [6, 6.07) is 3.51. The van der Waals surface area contributed by atoms with Gasteiger partial charge < -0.3 is 19.7 Å². The summed E-state index contributed by atoms with van der Waals surface area (Å²) in [6.07, 6.45) is 0.748. The Hall–Kier alpha value is -1.88. The van der Waals surface area contributed by atoms with Gasteiger partial charge in [-0.15, -0.1) is 0 Å². The Bertz CT molecular complexity index is 610. The van der Waals surface area contributed by atoms with E-state index in [1.165, 1.54) is 0 Å². The molecule has 0 bridgehead atoms. The molecule has 0 fully saturated rings. The minimum absolute atomic E-state index is 0.183. The van der Waals surface area contributed by atoms with Crippen LogP contribution >= 0.6 is 11.6 Å². The van der Waals surface area contributed by atoms with Gasteiger partial charge in [-0.2, -0.15) is 0 Å². The second-order valence-electron chi connectivity index (χ2n) is 3.92. The maximum absolute atomic E-state index is 6.32. The molecule has 1 aliphatic heterocycles. The summed E-state index contributed by atoms with van der Waals surface area (Å²) in [4.78, 5) is 0. The van der Waals surface area contributed by atoms with E-state index in [0.717, 1.165) is 17.5 Å². The molecule has 0 saturated heterocycles. The van der Waals surface area contributed by atoms with Crippen LogP contribution in [-0.4, -0.2) is 11.9 Å². The van der Waals surface area contributed by atoms with Gasteiger partial charge in [-0.1, -0.05) is 23.7 Å². The van der Waals surface area contributed by atoms with Crippen molar-refractivity contribution in [2.24, 2.45) is 0 Å². The molecule has 1 aromatic heterocycles. The van der Waals surface area contributed by atoms with Crippen LogP contribution in [-0.2, 0) is 6.42 Å². The maximum Gasteiger partial charge on any atom is 0.231 e. The smallest absolute Gasteiger partial charge is 0.231 e. The van der Waals surface area contributed by atoms with Crippen molar-refractivity contribution in [3.63, 3.8) is 0 Å². The highest BCUT2D eigenvalue weighted by Gasteiger charge is 2.24. The summed E-state index contributed by atoms with van der Waals surface area (Å²) in [5, 5.41) is 4.47. The molecule has 2 N–H and O–H groups in total. The fourth-order valence-electron chi connectivity index (χ4n) is 2.03. The molecule has 0 spiro atoms. The van der Waals surface area contributed by atoms with Crippen LogP contribution in [0.4, 0.5) is 5.88 Å². The lowest BCUT2D eigenvalue weighted by molar-refractivity contribution is 0.174. The van der Waals surface area contributed by atoms with E-state index in [-0.39, 0.29) is 12.7 Å². The van der Waals surface area contributed by atoms with Crippen molar-refractivity contribution in [1.29, 1.82) is 0 Å². The molecule has 0 aliphatic carbocycles. The van der Waals surface area contributed by atoms with Crippen LogP contribution in [0.5, 0.6) is 11.5 Å². The molecule has 6 heteroatoms. The molecular formula is C12H11ClN2O3. The van der Waals surface area contributed by atoms with E-state index in [1.54, 1.807) is 6.07 Å². The van der Waals surface area contributed by atoms with Crippen LogP contribution < -0.4 is 15.2 Å². The van der Waals surface area contributed by atoms with E-state index < -0.39 is 0 Å². The van der Waals surface area contributed by atoms with E-state index >= 15 is 0 Å². The third-order valence-corrected chi connectivity index (χ3v) is 3.26. The van der Waals surface area contributed by atoms with Gasteiger partial charge in [0.05, 0.1) is 5.02 Å². The molecule has 94 valence electrons. The van der Waals surface area contributed by atoms with Gasteiger partial charge in [0.1, 0.15) is 5.69 Å². The fourth-order valence-corrected chi connectivity index (χ4v) is 2.41. The fraction of sp³-hybridized carbons (Fsp3) is 0.250. The average Bonchev–Trinajstić information content (AvgIpc) is 2.97. The number of rotatable bonds is 2. The van der Waals surface area contributed by atoms with Crippen LogP contribution in [0.3, 0.4) is 0 Å². The van der Waals surface area contributed by atoms with Gasteiger partial charge in [-0.25, -0.2) is 0 Å². The third kappa shape index (κ3) is 1.59. The van der Waals surface area contributed by atoms with Crippen molar-refractivity contribution in [2.45, 2.75) is 13.3 Å². The lowest BCUT2D eigenvalue weighted by atomic mass is 10.0. The minimum atomic E-state index is 0.183. The summed E-state index contributed by atoms with van der Waals surface area (Å²) in [6.45, 7) is 2.19. The zero-order valence-electron chi connectivity index (χ0n) is 9.70. The Kier molecular flexibility index (Phi) is 2.56. The number of ether oxygens (including phenoxy) is 2. The molecule has 18 heavy (non-hydrogen) atoms. The molecule has 0 amide bonds. The highest BCUT2D eigenvalue weighted by atomic mass is 35.5. The number of fused-ring (bicyclic) bond motifs is 1. The number of aromatic nitrogens is 1. The highest BCUT2D eigenvalue weighted by molar-refractivity contribution is 6.33. The van der Waals surface area contributed by atoms with Crippen LogP contribution in [0.1, 0.15) is 12.5 Å². The number of hydrogen-bond donors (Lipinski definition) is 1. The Labute approximate surface area is 108 Å². The summed E-state index contributed by atoms with van der Waals surface area (Å²) in [5.41, 5.74) is 7.98. The monoisotopic (exact) mass is 266 g/mol. The molecule has 0 unspecified atom stereocenters. The van der Waals surface area contributed by atoms with Crippen LogP contribution in [0, 0.1) is 0 Å². The van der Waals surface area contributed by atoms with E-state index in [4.69, 9.17) is 31.3 Å². The first-order valence-corrected chi connectivity index (χ1v) is 5.92. The van der Waals surface area contributed by atoms with E-state index in [9.17, 15) is 0 Å². The number of halogens is 1. The zero-order valence-corrected chi connectivity index (χ0v) is 10.5. The Morgan fingerprint density at radius 1 is 1.39 bits per heavy atom. The summed E-state index contributed by atoms with van der Waals surface area (Å²) >= 11 is 6.32. The number of benzene rings is 1. The summed E-state index contributed by atoms with van der Waals surface area (Å²) in [5.74, 6) is 1.48. The number of hydrogen-bond acceptors (Lipinski definition) is 5. The molecule has 5 nitrogen and oxygen atoms in total. The zero-order chi connectivity index (χ0) is 12.7. The van der Waals surface area contributed by atoms with Gasteiger partial charge in [0, 0.05) is 11.6 Å². The quantitative estimate of drug-likeness (QED) is 0.905. The van der Waals surface area contributed by atoms with Gasteiger partial charge in [-0.05, 0) is 18.1 Å². The first-order valence-electron chi connectivity index (χ1n) is 5.54. The summed E-state index contributed by atoms with van der Waals surface area (Å²) < 4.78 is 15.6.